The summed E-state index contributed by atoms with van der Waals surface area (Å²) in [6.45, 7) is 0. The Kier molecular flexibility index (Phi) is 5.45. The fourth-order valence-corrected chi connectivity index (χ4v) is 3.04. The largest absolute Gasteiger partial charge is 0.0887 e. The number of halogens is 2. The predicted molar refractivity (Wildman–Crippen MR) is 85.3 cm³/mol. The molecule has 0 N–H and O–H groups in total. The Balaban J connectivity index is 1.84. The van der Waals surface area contributed by atoms with E-state index in [0.29, 0.717) is 4.83 Å². The molecule has 2 aromatic rings. The summed E-state index contributed by atoms with van der Waals surface area (Å²) in [4.78, 5) is 0.534. The van der Waals surface area contributed by atoms with Crippen LogP contribution in [0.2, 0.25) is 0 Å². The van der Waals surface area contributed by atoms with E-state index in [9.17, 15) is 0 Å². The molecule has 0 amide bonds. The lowest BCUT2D eigenvalue weighted by Crippen LogP contribution is -2.04. The van der Waals surface area contributed by atoms with Gasteiger partial charge in [0.1, 0.15) is 0 Å². The average Bonchev–Trinajstić information content (AvgIpc) is 2.38. The van der Waals surface area contributed by atoms with Crippen molar-refractivity contribution in [3.05, 3.63) is 70.2 Å². The van der Waals surface area contributed by atoms with Crippen LogP contribution in [-0.4, -0.2) is 4.83 Å². The van der Waals surface area contributed by atoms with Crippen molar-refractivity contribution in [3.63, 3.8) is 0 Å². The lowest BCUT2D eigenvalue weighted by Gasteiger charge is -2.10. The van der Waals surface area contributed by atoms with Gasteiger partial charge >= 0.3 is 0 Å². The number of aryl methyl sites for hydroxylation is 1. The third-order valence-electron chi connectivity index (χ3n) is 2.94. The molecule has 0 heterocycles. The van der Waals surface area contributed by atoms with Gasteiger partial charge in [-0.2, -0.15) is 0 Å². The van der Waals surface area contributed by atoms with E-state index < -0.39 is 0 Å². The Labute approximate surface area is 126 Å². The van der Waals surface area contributed by atoms with Gasteiger partial charge in [-0.25, -0.2) is 0 Å². The second kappa shape index (κ2) is 7.10. The molecule has 0 aliphatic heterocycles. The molecule has 18 heavy (non-hydrogen) atoms. The van der Waals surface area contributed by atoms with Gasteiger partial charge < -0.3 is 0 Å². The molecule has 2 heteroatoms. The Hall–Kier alpha value is -0.600. The second-order valence-corrected chi connectivity index (χ2v) is 6.67. The van der Waals surface area contributed by atoms with E-state index in [-0.39, 0.29) is 0 Å². The number of benzene rings is 2. The molecule has 0 spiro atoms. The van der Waals surface area contributed by atoms with Crippen molar-refractivity contribution in [1.82, 2.24) is 0 Å². The molecule has 2 aromatic carbocycles. The standard InChI is InChI=1S/C16H16Br2/c17-15-8-4-7-14(11-15)12-16(18)10-9-13-5-2-1-3-6-13/h1-8,11,16H,9-10,12H2. The Morgan fingerprint density at radius 2 is 1.61 bits per heavy atom. The quantitative estimate of drug-likeness (QED) is 0.621. The lowest BCUT2D eigenvalue weighted by molar-refractivity contribution is 0.763. The molecule has 0 nitrogen and oxygen atoms in total. The fourth-order valence-electron chi connectivity index (χ4n) is 1.99. The molecule has 94 valence electrons. The van der Waals surface area contributed by atoms with E-state index in [1.807, 2.05) is 0 Å². The molecule has 1 unspecified atom stereocenters. The third-order valence-corrected chi connectivity index (χ3v) is 4.21. The van der Waals surface area contributed by atoms with Crippen LogP contribution in [0.1, 0.15) is 17.5 Å². The van der Waals surface area contributed by atoms with Crippen LogP contribution in [0.15, 0.2) is 59.1 Å². The first-order valence-corrected chi connectivity index (χ1v) is 7.87. The van der Waals surface area contributed by atoms with E-state index in [2.05, 4.69) is 86.5 Å². The van der Waals surface area contributed by atoms with Gasteiger partial charge in [-0.1, -0.05) is 74.3 Å². The van der Waals surface area contributed by atoms with Crippen LogP contribution in [0.5, 0.6) is 0 Å². The predicted octanol–water partition coefficient (Wildman–Crippen LogP) is 5.39. The molecule has 0 aromatic heterocycles. The maximum absolute atomic E-state index is 3.78. The molecule has 0 radical (unpaired) electrons. The minimum Gasteiger partial charge on any atom is -0.0887 e. The van der Waals surface area contributed by atoms with Gasteiger partial charge in [0.2, 0.25) is 0 Å². The maximum atomic E-state index is 3.78. The van der Waals surface area contributed by atoms with Gasteiger partial charge in [-0.3, -0.25) is 0 Å². The molecule has 0 bridgehead atoms. The summed E-state index contributed by atoms with van der Waals surface area (Å²) >= 11 is 7.29. The maximum Gasteiger partial charge on any atom is 0.0189 e. The first-order valence-electron chi connectivity index (χ1n) is 6.16. The monoisotopic (exact) mass is 366 g/mol. The van der Waals surface area contributed by atoms with E-state index in [1.54, 1.807) is 0 Å². The zero-order valence-electron chi connectivity index (χ0n) is 10.2. The third kappa shape index (κ3) is 4.58. The van der Waals surface area contributed by atoms with Crippen LogP contribution in [0.25, 0.3) is 0 Å². The molecule has 0 saturated heterocycles. The van der Waals surface area contributed by atoms with Crippen molar-refractivity contribution in [2.24, 2.45) is 0 Å². The van der Waals surface area contributed by atoms with Gasteiger partial charge in [-0.05, 0) is 42.5 Å². The van der Waals surface area contributed by atoms with Crippen molar-refractivity contribution < 1.29 is 0 Å². The minimum absolute atomic E-state index is 0.534. The molecular weight excluding hydrogens is 352 g/mol. The van der Waals surface area contributed by atoms with Crippen LogP contribution in [0, 0.1) is 0 Å². The van der Waals surface area contributed by atoms with Gasteiger partial charge in [0.05, 0.1) is 0 Å². The highest BCUT2D eigenvalue weighted by molar-refractivity contribution is 9.10. The van der Waals surface area contributed by atoms with Gasteiger partial charge in [0.25, 0.3) is 0 Å². The second-order valence-electron chi connectivity index (χ2n) is 4.46. The SMILES string of the molecule is Brc1cccc(CC(Br)CCc2ccccc2)c1. The van der Waals surface area contributed by atoms with E-state index in [1.165, 1.54) is 11.1 Å². The molecule has 0 aliphatic carbocycles. The molecule has 0 saturated carbocycles. The van der Waals surface area contributed by atoms with Crippen LogP contribution in [-0.2, 0) is 12.8 Å². The fraction of sp³-hybridized carbons (Fsp3) is 0.250. The summed E-state index contributed by atoms with van der Waals surface area (Å²) in [6.07, 6.45) is 3.37. The number of hydrogen-bond donors (Lipinski definition) is 0. The number of rotatable bonds is 5. The highest BCUT2D eigenvalue weighted by atomic mass is 79.9. The number of hydrogen-bond acceptors (Lipinski definition) is 0. The Morgan fingerprint density at radius 1 is 0.889 bits per heavy atom. The van der Waals surface area contributed by atoms with Crippen LogP contribution < -0.4 is 0 Å². The van der Waals surface area contributed by atoms with E-state index in [0.717, 1.165) is 23.7 Å². The van der Waals surface area contributed by atoms with Crippen LogP contribution >= 0.6 is 31.9 Å². The normalized spacial score (nSPS) is 12.3. The van der Waals surface area contributed by atoms with Crippen LogP contribution in [0.4, 0.5) is 0 Å². The van der Waals surface area contributed by atoms with Crippen molar-refractivity contribution >= 4 is 31.9 Å². The molecule has 0 fully saturated rings. The van der Waals surface area contributed by atoms with Crippen molar-refractivity contribution in [3.8, 4) is 0 Å². The first kappa shape index (κ1) is 13.8. The topological polar surface area (TPSA) is 0 Å². The molecule has 0 aliphatic rings. The van der Waals surface area contributed by atoms with E-state index in [4.69, 9.17) is 0 Å². The zero-order chi connectivity index (χ0) is 12.8. The Bertz CT molecular complexity index is 479. The van der Waals surface area contributed by atoms with Gasteiger partial charge in [0.15, 0.2) is 0 Å². The van der Waals surface area contributed by atoms with E-state index >= 15 is 0 Å². The smallest absolute Gasteiger partial charge is 0.0189 e. The summed E-state index contributed by atoms with van der Waals surface area (Å²) in [5.41, 5.74) is 2.79. The van der Waals surface area contributed by atoms with Gasteiger partial charge in [-0.15, -0.1) is 0 Å². The average molecular weight is 368 g/mol. The number of alkyl halides is 1. The Morgan fingerprint density at radius 3 is 2.33 bits per heavy atom. The molecule has 2 rings (SSSR count). The summed E-state index contributed by atoms with van der Waals surface area (Å²) < 4.78 is 1.16. The zero-order valence-corrected chi connectivity index (χ0v) is 13.3. The molecule has 1 atom stereocenters. The van der Waals surface area contributed by atoms with Crippen molar-refractivity contribution in [2.45, 2.75) is 24.1 Å². The molecular formula is C16H16Br2. The first-order chi connectivity index (χ1) is 8.74. The van der Waals surface area contributed by atoms with Crippen molar-refractivity contribution in [1.29, 1.82) is 0 Å². The minimum atomic E-state index is 0.534. The highest BCUT2D eigenvalue weighted by Crippen LogP contribution is 2.19. The summed E-state index contributed by atoms with van der Waals surface area (Å²) in [5, 5.41) is 0. The summed E-state index contributed by atoms with van der Waals surface area (Å²) in [7, 11) is 0. The van der Waals surface area contributed by atoms with Crippen LogP contribution in [0.3, 0.4) is 0 Å². The summed E-state index contributed by atoms with van der Waals surface area (Å²) in [6, 6.07) is 19.2. The summed E-state index contributed by atoms with van der Waals surface area (Å²) in [5.74, 6) is 0. The lowest BCUT2D eigenvalue weighted by atomic mass is 10.0. The highest BCUT2D eigenvalue weighted by Gasteiger charge is 2.06. The van der Waals surface area contributed by atoms with Crippen molar-refractivity contribution in [2.75, 3.05) is 0 Å². The van der Waals surface area contributed by atoms with Gasteiger partial charge in [0, 0.05) is 9.30 Å².